The number of aryl methyl sites for hydroxylation is 1. The van der Waals surface area contributed by atoms with Gasteiger partial charge < -0.3 is 10.1 Å². The molecule has 1 fully saturated rings. The summed E-state index contributed by atoms with van der Waals surface area (Å²) in [6.45, 7) is 1.63. The summed E-state index contributed by atoms with van der Waals surface area (Å²) in [5, 5.41) is 9.46. The Labute approximate surface area is 102 Å². The van der Waals surface area contributed by atoms with Crippen LogP contribution in [0.15, 0.2) is 16.1 Å². The summed E-state index contributed by atoms with van der Waals surface area (Å²) < 4.78 is 22.6. The summed E-state index contributed by atoms with van der Waals surface area (Å²) >= 11 is 1.09. The number of aliphatic hydroxyl groups excluding tert-OH is 1. The number of aliphatic hydroxyl groups is 1. The van der Waals surface area contributed by atoms with E-state index < -0.39 is 21.2 Å². The largest absolute Gasteiger partial charge is 0.391 e. The van der Waals surface area contributed by atoms with Crippen LogP contribution in [0.4, 0.5) is 0 Å². The maximum Gasteiger partial charge on any atom is 0.254 e. The van der Waals surface area contributed by atoms with E-state index in [2.05, 4.69) is 9.97 Å². The molecule has 1 saturated heterocycles. The molecule has 8 heteroatoms. The monoisotopic (exact) mass is 276 g/mol. The molecule has 0 amide bonds. The maximum atomic E-state index is 11.3. The van der Waals surface area contributed by atoms with Crippen LogP contribution in [0.5, 0.6) is 0 Å². The van der Waals surface area contributed by atoms with E-state index in [0.29, 0.717) is 10.7 Å². The van der Waals surface area contributed by atoms with Crippen molar-refractivity contribution in [1.29, 1.82) is 0 Å². The molecular weight excluding hydrogens is 264 g/mol. The van der Waals surface area contributed by atoms with Gasteiger partial charge >= 0.3 is 0 Å². The van der Waals surface area contributed by atoms with E-state index in [1.807, 2.05) is 0 Å². The summed E-state index contributed by atoms with van der Waals surface area (Å²) in [5.74, 6) is -0.308. The van der Waals surface area contributed by atoms with Gasteiger partial charge in [0.2, 0.25) is 0 Å². The Hall–Kier alpha value is -0.860. The predicted molar refractivity (Wildman–Crippen MR) is 63.9 cm³/mol. The number of nitrogens with zero attached hydrogens (tertiary/aromatic N) is 1. The third kappa shape index (κ3) is 2.88. The van der Waals surface area contributed by atoms with Crippen LogP contribution in [-0.2, 0) is 9.84 Å². The average molecular weight is 276 g/mol. The van der Waals surface area contributed by atoms with E-state index in [-0.39, 0.29) is 17.1 Å². The Bertz CT molecular complexity index is 581. The number of hydrogen-bond donors (Lipinski definition) is 2. The molecule has 17 heavy (non-hydrogen) atoms. The molecule has 0 radical (unpaired) electrons. The molecule has 0 saturated carbocycles. The lowest BCUT2D eigenvalue weighted by atomic mass is 10.3. The lowest BCUT2D eigenvalue weighted by molar-refractivity contribution is 0.207. The highest BCUT2D eigenvalue weighted by molar-refractivity contribution is 8.01. The number of hydrogen-bond acceptors (Lipinski definition) is 6. The molecule has 1 aliphatic heterocycles. The van der Waals surface area contributed by atoms with Gasteiger partial charge in [-0.2, -0.15) is 0 Å². The minimum absolute atomic E-state index is 0.0869. The first kappa shape index (κ1) is 12.6. The first-order valence-electron chi connectivity index (χ1n) is 4.98. The molecule has 0 aromatic carbocycles. The van der Waals surface area contributed by atoms with E-state index >= 15 is 0 Å². The van der Waals surface area contributed by atoms with Crippen molar-refractivity contribution in [3.05, 3.63) is 22.1 Å². The van der Waals surface area contributed by atoms with E-state index in [0.717, 1.165) is 11.8 Å². The zero-order valence-electron chi connectivity index (χ0n) is 9.08. The molecule has 2 rings (SSSR count). The summed E-state index contributed by atoms with van der Waals surface area (Å²) in [4.78, 5) is 17.9. The normalized spacial score (nSPS) is 27.2. The van der Waals surface area contributed by atoms with Gasteiger partial charge in [-0.1, -0.05) is 11.8 Å². The zero-order valence-corrected chi connectivity index (χ0v) is 10.7. The fourth-order valence-electron chi connectivity index (χ4n) is 1.55. The first-order chi connectivity index (χ1) is 7.87. The lowest BCUT2D eigenvalue weighted by Crippen LogP contribution is -2.21. The van der Waals surface area contributed by atoms with E-state index in [1.54, 1.807) is 6.92 Å². The Morgan fingerprint density at radius 2 is 2.24 bits per heavy atom. The van der Waals surface area contributed by atoms with Crippen molar-refractivity contribution in [2.45, 2.75) is 23.4 Å². The van der Waals surface area contributed by atoms with Crippen molar-refractivity contribution in [3.63, 3.8) is 0 Å². The zero-order chi connectivity index (χ0) is 12.6. The van der Waals surface area contributed by atoms with Gasteiger partial charge in [-0.05, 0) is 6.92 Å². The molecule has 1 aromatic rings. The van der Waals surface area contributed by atoms with Crippen LogP contribution in [0, 0.1) is 6.92 Å². The van der Waals surface area contributed by atoms with Crippen LogP contribution >= 0.6 is 11.8 Å². The number of H-pyrrole nitrogens is 1. The van der Waals surface area contributed by atoms with Crippen molar-refractivity contribution < 1.29 is 13.5 Å². The Kier molecular flexibility index (Phi) is 3.28. The van der Waals surface area contributed by atoms with Crippen molar-refractivity contribution in [2.24, 2.45) is 0 Å². The van der Waals surface area contributed by atoms with E-state index in [9.17, 15) is 18.3 Å². The Morgan fingerprint density at radius 1 is 1.53 bits per heavy atom. The SMILES string of the molecule is Cc1cnc(S[C@@H]2CS(=O)(=O)C[C@H]2O)[nH]c1=O. The summed E-state index contributed by atoms with van der Waals surface area (Å²) in [6, 6.07) is 0. The highest BCUT2D eigenvalue weighted by Gasteiger charge is 2.37. The highest BCUT2D eigenvalue weighted by atomic mass is 32.2. The van der Waals surface area contributed by atoms with Gasteiger partial charge in [0, 0.05) is 11.8 Å². The van der Waals surface area contributed by atoms with Gasteiger partial charge in [-0.3, -0.25) is 4.79 Å². The number of thioether (sulfide) groups is 1. The van der Waals surface area contributed by atoms with Crippen molar-refractivity contribution in [2.75, 3.05) is 11.5 Å². The number of aromatic amines is 1. The number of rotatable bonds is 2. The van der Waals surface area contributed by atoms with Gasteiger partial charge in [-0.25, -0.2) is 13.4 Å². The third-order valence-electron chi connectivity index (χ3n) is 2.49. The molecule has 6 nitrogen and oxygen atoms in total. The minimum atomic E-state index is -3.17. The van der Waals surface area contributed by atoms with Crippen molar-refractivity contribution in [1.82, 2.24) is 9.97 Å². The van der Waals surface area contributed by atoms with Gasteiger partial charge in [0.05, 0.1) is 22.9 Å². The molecule has 0 spiro atoms. The molecule has 0 bridgehead atoms. The van der Waals surface area contributed by atoms with Gasteiger partial charge in [0.25, 0.3) is 5.56 Å². The second-order valence-corrected chi connectivity index (χ2v) is 7.38. The number of aromatic nitrogens is 2. The predicted octanol–water partition coefficient (Wildman–Crippen LogP) is -0.672. The van der Waals surface area contributed by atoms with Crippen LogP contribution < -0.4 is 5.56 Å². The lowest BCUT2D eigenvalue weighted by Gasteiger charge is -2.10. The van der Waals surface area contributed by atoms with Gasteiger partial charge in [0.1, 0.15) is 0 Å². The topological polar surface area (TPSA) is 100 Å². The van der Waals surface area contributed by atoms with Crippen molar-refractivity contribution >= 4 is 21.6 Å². The number of nitrogens with one attached hydrogen (secondary N) is 1. The summed E-state index contributed by atoms with van der Waals surface area (Å²) in [7, 11) is -3.17. The van der Waals surface area contributed by atoms with Crippen molar-refractivity contribution in [3.8, 4) is 0 Å². The van der Waals surface area contributed by atoms with E-state index in [1.165, 1.54) is 6.20 Å². The molecule has 0 aliphatic carbocycles. The first-order valence-corrected chi connectivity index (χ1v) is 7.68. The molecule has 1 aliphatic rings. The molecule has 1 aromatic heterocycles. The molecule has 94 valence electrons. The third-order valence-corrected chi connectivity index (χ3v) is 5.63. The quantitative estimate of drug-likeness (QED) is 0.695. The van der Waals surface area contributed by atoms with Gasteiger partial charge in [0.15, 0.2) is 15.0 Å². The molecule has 2 heterocycles. The second kappa shape index (κ2) is 4.43. The highest BCUT2D eigenvalue weighted by Crippen LogP contribution is 2.28. The van der Waals surface area contributed by atoms with E-state index in [4.69, 9.17) is 0 Å². The summed E-state index contributed by atoms with van der Waals surface area (Å²) in [5.41, 5.74) is 0.242. The molecular formula is C9H12N2O4S2. The minimum Gasteiger partial charge on any atom is -0.391 e. The Morgan fingerprint density at radius 3 is 2.76 bits per heavy atom. The average Bonchev–Trinajstić information content (AvgIpc) is 2.46. The van der Waals surface area contributed by atoms with Crippen LogP contribution in [-0.4, -0.2) is 46.4 Å². The standard InChI is InChI=1S/C9H12N2O4S2/c1-5-2-10-9(11-8(5)13)16-7-4-17(14,15)3-6(7)12/h2,6-7,12H,3-4H2,1H3,(H,10,11,13)/t6-,7-/m1/s1. The second-order valence-electron chi connectivity index (χ2n) is 4.00. The van der Waals surface area contributed by atoms with Crippen LogP contribution in [0.1, 0.15) is 5.56 Å². The van der Waals surface area contributed by atoms with Gasteiger partial charge in [-0.15, -0.1) is 0 Å². The van der Waals surface area contributed by atoms with Crippen LogP contribution in [0.25, 0.3) is 0 Å². The van der Waals surface area contributed by atoms with Crippen LogP contribution in [0.3, 0.4) is 0 Å². The molecule has 0 unspecified atom stereocenters. The molecule has 2 atom stereocenters. The molecule has 2 N–H and O–H groups in total. The fraction of sp³-hybridized carbons (Fsp3) is 0.556. The number of sulfone groups is 1. The maximum absolute atomic E-state index is 11.3. The smallest absolute Gasteiger partial charge is 0.254 e. The van der Waals surface area contributed by atoms with Crippen LogP contribution in [0.2, 0.25) is 0 Å². The summed E-state index contributed by atoms with van der Waals surface area (Å²) in [6.07, 6.45) is 0.522. The fourth-order valence-corrected chi connectivity index (χ4v) is 4.99. The Balaban J connectivity index is 2.17.